The van der Waals surface area contributed by atoms with Crippen LogP contribution in [0.15, 0.2) is 11.3 Å². The monoisotopic (exact) mass is 243 g/mol. The summed E-state index contributed by atoms with van der Waals surface area (Å²) in [5.74, 6) is 0. The zero-order valence-corrected chi connectivity index (χ0v) is 14.1. The average Bonchev–Trinajstić information content (AvgIpc) is 2.00. The largest absolute Gasteiger partial charge is 0.322 e. The highest BCUT2D eigenvalue weighted by molar-refractivity contribution is 6.80. The van der Waals surface area contributed by atoms with Crippen LogP contribution < -0.4 is 5.32 Å². The summed E-state index contributed by atoms with van der Waals surface area (Å²) < 4.78 is 0. The van der Waals surface area contributed by atoms with Gasteiger partial charge in [0, 0.05) is 0 Å². The summed E-state index contributed by atoms with van der Waals surface area (Å²) in [6.07, 6.45) is 2.53. The summed E-state index contributed by atoms with van der Waals surface area (Å²) in [6.45, 7) is 16.5. The van der Waals surface area contributed by atoms with Gasteiger partial charge in [-0.1, -0.05) is 39.4 Å². The molecule has 0 aliphatic carbocycles. The Balaban J connectivity index is 3.82. The van der Waals surface area contributed by atoms with Crippen molar-refractivity contribution in [1.29, 1.82) is 0 Å². The van der Waals surface area contributed by atoms with Crippen LogP contribution >= 0.6 is 0 Å². The molecule has 1 N–H and O–H groups in total. The van der Waals surface area contributed by atoms with Crippen LogP contribution in [0.4, 0.5) is 0 Å². The lowest BCUT2D eigenvalue weighted by Gasteiger charge is -2.37. The lowest BCUT2D eigenvalue weighted by molar-refractivity contribution is 0.701. The molecule has 0 aliphatic rings. The smallest absolute Gasteiger partial charge is 0.0679 e. The van der Waals surface area contributed by atoms with Crippen molar-refractivity contribution < 1.29 is 0 Å². The zero-order chi connectivity index (χ0) is 12.1. The van der Waals surface area contributed by atoms with E-state index in [-0.39, 0.29) is 9.52 Å². The van der Waals surface area contributed by atoms with Gasteiger partial charge in [0.15, 0.2) is 0 Å². The van der Waals surface area contributed by atoms with E-state index < -0.39 is 8.07 Å². The maximum atomic E-state index is 3.67. The molecule has 90 valence electrons. The average molecular weight is 244 g/mol. The number of hydrogen-bond acceptors (Lipinski definition) is 1. The Bertz CT molecular complexity index is 210. The van der Waals surface area contributed by atoms with E-state index in [2.05, 4.69) is 58.7 Å². The van der Waals surface area contributed by atoms with Crippen molar-refractivity contribution in [3.05, 3.63) is 11.3 Å². The van der Waals surface area contributed by atoms with Gasteiger partial charge in [-0.25, -0.2) is 0 Å². The summed E-state index contributed by atoms with van der Waals surface area (Å²) in [4.78, 5) is 0. The molecule has 0 amide bonds. The highest BCUT2D eigenvalue weighted by Gasteiger charge is 2.34. The molecule has 0 heterocycles. The Kier molecular flexibility index (Phi) is 6.07. The Morgan fingerprint density at radius 2 is 1.80 bits per heavy atom. The summed E-state index contributed by atoms with van der Waals surface area (Å²) in [7, 11) is -1.09. The van der Waals surface area contributed by atoms with Gasteiger partial charge >= 0.3 is 0 Å². The van der Waals surface area contributed by atoms with E-state index in [0.717, 1.165) is 0 Å². The molecular weight excluding hydrogens is 214 g/mol. The molecule has 0 rings (SSSR count). The van der Waals surface area contributed by atoms with Gasteiger partial charge in [-0.3, -0.25) is 0 Å². The summed E-state index contributed by atoms with van der Waals surface area (Å²) in [6, 6.07) is 0. The van der Waals surface area contributed by atoms with Crippen molar-refractivity contribution in [2.75, 3.05) is 12.3 Å². The molecule has 0 saturated heterocycles. The maximum absolute atomic E-state index is 3.67. The minimum Gasteiger partial charge on any atom is -0.322 e. The SMILES string of the molecule is CC(C)=C[SiH2]CNC[Si](C)(C)C(C)(C)C. The first kappa shape index (κ1) is 15.1. The number of rotatable bonds is 5. The predicted octanol–water partition coefficient (Wildman–Crippen LogP) is 2.67. The first-order valence-electron chi connectivity index (χ1n) is 6.01. The zero-order valence-electron chi connectivity index (χ0n) is 11.7. The summed E-state index contributed by atoms with van der Waals surface area (Å²) in [5.41, 5.74) is 3.93. The van der Waals surface area contributed by atoms with E-state index in [0.29, 0.717) is 5.04 Å². The molecule has 0 aromatic rings. The lowest BCUT2D eigenvalue weighted by Crippen LogP contribution is -2.47. The van der Waals surface area contributed by atoms with Crippen LogP contribution in [-0.2, 0) is 0 Å². The third kappa shape index (κ3) is 6.33. The van der Waals surface area contributed by atoms with Gasteiger partial charge < -0.3 is 5.32 Å². The minimum absolute atomic E-state index is 0.000158. The molecule has 0 radical (unpaired) electrons. The van der Waals surface area contributed by atoms with Crippen molar-refractivity contribution in [2.24, 2.45) is 0 Å². The van der Waals surface area contributed by atoms with E-state index in [1.165, 1.54) is 17.9 Å². The molecule has 0 spiro atoms. The quantitative estimate of drug-likeness (QED) is 0.578. The van der Waals surface area contributed by atoms with Gasteiger partial charge in [0.05, 0.1) is 17.6 Å². The molecule has 3 heteroatoms. The minimum atomic E-state index is -1.09. The second-order valence-electron chi connectivity index (χ2n) is 6.38. The Hall–Kier alpha value is 0.134. The Morgan fingerprint density at radius 1 is 1.27 bits per heavy atom. The molecule has 0 aromatic heterocycles. The molecule has 15 heavy (non-hydrogen) atoms. The van der Waals surface area contributed by atoms with E-state index in [1.807, 2.05) is 0 Å². The number of nitrogens with one attached hydrogen (secondary N) is 1. The van der Waals surface area contributed by atoms with E-state index in [1.54, 1.807) is 0 Å². The van der Waals surface area contributed by atoms with Crippen molar-refractivity contribution in [3.8, 4) is 0 Å². The molecule has 1 nitrogen and oxygen atoms in total. The van der Waals surface area contributed by atoms with Crippen LogP contribution in [0.3, 0.4) is 0 Å². The third-order valence-corrected chi connectivity index (χ3v) is 10.4. The molecule has 0 fully saturated rings. The number of hydrogen-bond donors (Lipinski definition) is 1. The molecule has 0 bridgehead atoms. The molecule has 0 unspecified atom stereocenters. The molecule has 0 atom stereocenters. The first-order chi connectivity index (χ1) is 6.67. The Labute approximate surface area is 99.6 Å². The van der Waals surface area contributed by atoms with Crippen LogP contribution in [0.5, 0.6) is 0 Å². The van der Waals surface area contributed by atoms with Crippen LogP contribution in [0, 0.1) is 0 Å². The summed E-state index contributed by atoms with van der Waals surface area (Å²) in [5, 5.41) is 4.18. The Morgan fingerprint density at radius 3 is 2.20 bits per heavy atom. The van der Waals surface area contributed by atoms with Gasteiger partial charge in [0.1, 0.15) is 0 Å². The van der Waals surface area contributed by atoms with Crippen molar-refractivity contribution in [1.82, 2.24) is 5.32 Å². The fourth-order valence-corrected chi connectivity index (χ4v) is 3.92. The maximum Gasteiger partial charge on any atom is 0.0679 e. The molecule has 0 aliphatic heterocycles. The molecule has 0 saturated carbocycles. The van der Waals surface area contributed by atoms with Crippen molar-refractivity contribution >= 4 is 17.6 Å². The van der Waals surface area contributed by atoms with Crippen molar-refractivity contribution in [3.63, 3.8) is 0 Å². The van der Waals surface area contributed by atoms with Gasteiger partial charge in [-0.2, -0.15) is 0 Å². The fourth-order valence-electron chi connectivity index (χ4n) is 1.13. The number of allylic oxidation sites excluding steroid dienone is 1. The van der Waals surface area contributed by atoms with Crippen molar-refractivity contribution in [2.45, 2.75) is 52.8 Å². The van der Waals surface area contributed by atoms with E-state index >= 15 is 0 Å². The molecular formula is C12H29NSi2. The first-order valence-corrected chi connectivity index (χ1v) is 11.0. The van der Waals surface area contributed by atoms with E-state index in [4.69, 9.17) is 0 Å². The van der Waals surface area contributed by atoms with E-state index in [9.17, 15) is 0 Å². The van der Waals surface area contributed by atoms with Crippen LogP contribution in [-0.4, -0.2) is 29.9 Å². The lowest BCUT2D eigenvalue weighted by atomic mass is 10.2. The topological polar surface area (TPSA) is 12.0 Å². The highest BCUT2D eigenvalue weighted by Crippen LogP contribution is 2.34. The normalized spacial score (nSPS) is 13.5. The van der Waals surface area contributed by atoms with Gasteiger partial charge in [0.2, 0.25) is 0 Å². The fraction of sp³-hybridized carbons (Fsp3) is 0.833. The highest BCUT2D eigenvalue weighted by atomic mass is 28.3. The standard InChI is InChI=1S/C12H29NSi2/c1-11(2)8-14-9-13-10-15(6,7)12(3,4)5/h8,13H,9-10,14H2,1-7H3. The van der Waals surface area contributed by atoms with Gasteiger partial charge in [-0.15, -0.1) is 5.70 Å². The van der Waals surface area contributed by atoms with Crippen LogP contribution in [0.2, 0.25) is 18.1 Å². The second kappa shape index (κ2) is 6.01. The predicted molar refractivity (Wildman–Crippen MR) is 78.0 cm³/mol. The van der Waals surface area contributed by atoms with Crippen LogP contribution in [0.25, 0.3) is 0 Å². The van der Waals surface area contributed by atoms with Gasteiger partial charge in [0.25, 0.3) is 0 Å². The van der Waals surface area contributed by atoms with Gasteiger partial charge in [-0.05, 0) is 31.2 Å². The second-order valence-corrected chi connectivity index (χ2v) is 13.5. The van der Waals surface area contributed by atoms with Crippen LogP contribution in [0.1, 0.15) is 34.6 Å². The summed E-state index contributed by atoms with van der Waals surface area (Å²) >= 11 is 0. The third-order valence-electron chi connectivity index (χ3n) is 3.47. The molecule has 0 aromatic carbocycles.